The van der Waals surface area contributed by atoms with E-state index in [1.165, 1.54) is 10.8 Å². The molecule has 0 atom stereocenters. The van der Waals surface area contributed by atoms with Crippen molar-refractivity contribution in [3.05, 3.63) is 132 Å². The molecular weight excluding hydrogens is 488 g/mol. The van der Waals surface area contributed by atoms with E-state index in [0.29, 0.717) is 22.5 Å². The highest BCUT2D eigenvalue weighted by atomic mass is 35.5. The molecule has 0 radical (unpaired) electrons. The zero-order valence-electron chi connectivity index (χ0n) is 20.3. The first kappa shape index (κ1) is 22.4. The molecule has 2 aromatic heterocycles. The standard InChI is InChI=1S/C33H21ClN4/c34-27-20-19-24(21-30(27)38-28-17-9-7-15-25(28)26-16-8-10-18-29(26)38)33-36-31(22-11-3-1-4-12-22)35-32(37-33)23-13-5-2-6-14-23/h1-21H. The maximum absolute atomic E-state index is 6.86. The second kappa shape index (κ2) is 9.25. The van der Waals surface area contributed by atoms with Gasteiger partial charge in [0.1, 0.15) is 0 Å². The van der Waals surface area contributed by atoms with E-state index in [4.69, 9.17) is 26.6 Å². The smallest absolute Gasteiger partial charge is 0.164 e. The molecule has 38 heavy (non-hydrogen) atoms. The van der Waals surface area contributed by atoms with E-state index in [1.54, 1.807) is 0 Å². The van der Waals surface area contributed by atoms with E-state index in [2.05, 4.69) is 59.2 Å². The monoisotopic (exact) mass is 508 g/mol. The SMILES string of the molecule is Clc1ccc(-c2nc(-c3ccccc3)nc(-c3ccccc3)n2)cc1-n1c2ccccc2c2ccccc21. The molecule has 0 aliphatic heterocycles. The quantitative estimate of drug-likeness (QED) is 0.239. The number of hydrogen-bond donors (Lipinski definition) is 0. The molecular formula is C33H21ClN4. The predicted octanol–water partition coefficient (Wildman–Crippen LogP) is 8.62. The summed E-state index contributed by atoms with van der Waals surface area (Å²) in [6.45, 7) is 0. The van der Waals surface area contributed by atoms with Gasteiger partial charge in [-0.05, 0) is 30.3 Å². The topological polar surface area (TPSA) is 43.6 Å². The average molecular weight is 509 g/mol. The molecule has 2 heterocycles. The number of aromatic nitrogens is 4. The first-order chi connectivity index (χ1) is 18.8. The van der Waals surface area contributed by atoms with Gasteiger partial charge in [-0.3, -0.25) is 0 Å². The van der Waals surface area contributed by atoms with Crippen LogP contribution < -0.4 is 0 Å². The lowest BCUT2D eigenvalue weighted by Gasteiger charge is -2.13. The molecule has 7 aromatic rings. The minimum absolute atomic E-state index is 0.594. The minimum atomic E-state index is 0.594. The van der Waals surface area contributed by atoms with Crippen molar-refractivity contribution in [2.75, 3.05) is 0 Å². The predicted molar refractivity (Wildman–Crippen MR) is 155 cm³/mol. The third-order valence-corrected chi connectivity index (χ3v) is 7.04. The second-order valence-corrected chi connectivity index (χ2v) is 9.48. The van der Waals surface area contributed by atoms with E-state index in [1.807, 2.05) is 72.8 Å². The van der Waals surface area contributed by atoms with Gasteiger partial charge in [-0.25, -0.2) is 15.0 Å². The molecule has 0 aliphatic rings. The Bertz CT molecular complexity index is 1820. The summed E-state index contributed by atoms with van der Waals surface area (Å²) in [7, 11) is 0. The lowest BCUT2D eigenvalue weighted by molar-refractivity contribution is 1.07. The van der Waals surface area contributed by atoms with Crippen LogP contribution >= 0.6 is 11.6 Å². The highest BCUT2D eigenvalue weighted by Gasteiger charge is 2.17. The van der Waals surface area contributed by atoms with Gasteiger partial charge in [-0.2, -0.15) is 0 Å². The van der Waals surface area contributed by atoms with Crippen molar-refractivity contribution in [3.8, 4) is 39.9 Å². The first-order valence-electron chi connectivity index (χ1n) is 12.4. The number of fused-ring (bicyclic) bond motifs is 3. The minimum Gasteiger partial charge on any atom is -0.308 e. The van der Waals surface area contributed by atoms with Crippen LogP contribution in [0, 0.1) is 0 Å². The fourth-order valence-corrected chi connectivity index (χ4v) is 5.14. The van der Waals surface area contributed by atoms with Gasteiger partial charge in [-0.1, -0.05) is 109 Å². The van der Waals surface area contributed by atoms with Gasteiger partial charge < -0.3 is 4.57 Å². The van der Waals surface area contributed by atoms with Crippen molar-refractivity contribution in [1.82, 2.24) is 19.5 Å². The van der Waals surface area contributed by atoms with Crippen molar-refractivity contribution < 1.29 is 0 Å². The lowest BCUT2D eigenvalue weighted by Crippen LogP contribution is -2.01. The summed E-state index contributed by atoms with van der Waals surface area (Å²) in [6.07, 6.45) is 0. The van der Waals surface area contributed by atoms with Crippen LogP contribution in [-0.2, 0) is 0 Å². The third-order valence-electron chi connectivity index (χ3n) is 6.72. The van der Waals surface area contributed by atoms with Crippen LogP contribution in [0.25, 0.3) is 61.7 Å². The molecule has 7 rings (SSSR count). The van der Waals surface area contributed by atoms with E-state index < -0.39 is 0 Å². The van der Waals surface area contributed by atoms with E-state index in [9.17, 15) is 0 Å². The number of nitrogens with zero attached hydrogens (tertiary/aromatic N) is 4. The Balaban J connectivity index is 1.46. The summed E-state index contributed by atoms with van der Waals surface area (Å²) in [4.78, 5) is 14.6. The Hall–Kier alpha value is -4.80. The highest BCUT2D eigenvalue weighted by Crippen LogP contribution is 2.36. The molecule has 5 aromatic carbocycles. The fraction of sp³-hybridized carbons (Fsp3) is 0. The van der Waals surface area contributed by atoms with E-state index in [0.717, 1.165) is 33.4 Å². The van der Waals surface area contributed by atoms with Crippen LogP contribution in [0.5, 0.6) is 0 Å². The van der Waals surface area contributed by atoms with Crippen LogP contribution in [-0.4, -0.2) is 19.5 Å². The van der Waals surface area contributed by atoms with E-state index >= 15 is 0 Å². The van der Waals surface area contributed by atoms with Crippen molar-refractivity contribution in [3.63, 3.8) is 0 Å². The van der Waals surface area contributed by atoms with Crippen LogP contribution in [0.4, 0.5) is 0 Å². The van der Waals surface area contributed by atoms with Crippen LogP contribution in [0.15, 0.2) is 127 Å². The molecule has 0 fully saturated rings. The van der Waals surface area contributed by atoms with Gasteiger partial charge in [0.05, 0.1) is 21.7 Å². The average Bonchev–Trinajstić information content (AvgIpc) is 3.32. The molecule has 0 aliphatic carbocycles. The normalized spacial score (nSPS) is 11.3. The molecule has 0 spiro atoms. The van der Waals surface area contributed by atoms with Crippen molar-refractivity contribution >= 4 is 33.4 Å². The molecule has 0 amide bonds. The zero-order valence-corrected chi connectivity index (χ0v) is 21.0. The number of halogens is 1. The molecule has 0 saturated carbocycles. The Morgan fingerprint density at radius 3 is 1.42 bits per heavy atom. The largest absolute Gasteiger partial charge is 0.308 e. The molecule has 0 N–H and O–H groups in total. The van der Waals surface area contributed by atoms with Gasteiger partial charge in [0.2, 0.25) is 0 Å². The van der Waals surface area contributed by atoms with Crippen LogP contribution in [0.2, 0.25) is 5.02 Å². The fourth-order valence-electron chi connectivity index (χ4n) is 4.94. The highest BCUT2D eigenvalue weighted by molar-refractivity contribution is 6.32. The molecule has 180 valence electrons. The Labute approximate surface area is 224 Å². The molecule has 4 nitrogen and oxygen atoms in total. The Morgan fingerprint density at radius 2 is 0.895 bits per heavy atom. The Kier molecular flexibility index (Phi) is 5.46. The third kappa shape index (κ3) is 3.83. The Morgan fingerprint density at radius 1 is 0.447 bits per heavy atom. The summed E-state index contributed by atoms with van der Waals surface area (Å²) in [5.41, 5.74) is 5.80. The zero-order chi connectivity index (χ0) is 25.5. The first-order valence-corrected chi connectivity index (χ1v) is 12.8. The second-order valence-electron chi connectivity index (χ2n) is 9.07. The van der Waals surface area contributed by atoms with Crippen LogP contribution in [0.1, 0.15) is 0 Å². The summed E-state index contributed by atoms with van der Waals surface area (Å²) < 4.78 is 2.22. The maximum atomic E-state index is 6.86. The molecule has 5 heteroatoms. The summed E-state index contributed by atoms with van der Waals surface area (Å²) in [5, 5.41) is 3.02. The van der Waals surface area contributed by atoms with Gasteiger partial charge in [0, 0.05) is 27.5 Å². The summed E-state index contributed by atoms with van der Waals surface area (Å²) in [6, 6.07) is 42.7. The van der Waals surface area contributed by atoms with E-state index in [-0.39, 0.29) is 0 Å². The number of hydrogen-bond acceptors (Lipinski definition) is 3. The molecule has 0 saturated heterocycles. The maximum Gasteiger partial charge on any atom is 0.164 e. The van der Waals surface area contributed by atoms with Gasteiger partial charge in [0.25, 0.3) is 0 Å². The van der Waals surface area contributed by atoms with Crippen LogP contribution in [0.3, 0.4) is 0 Å². The number of rotatable bonds is 4. The molecule has 0 bridgehead atoms. The number of para-hydroxylation sites is 2. The number of benzene rings is 5. The van der Waals surface area contributed by atoms with Gasteiger partial charge in [-0.15, -0.1) is 0 Å². The van der Waals surface area contributed by atoms with Gasteiger partial charge >= 0.3 is 0 Å². The van der Waals surface area contributed by atoms with Crippen molar-refractivity contribution in [1.29, 1.82) is 0 Å². The summed E-state index contributed by atoms with van der Waals surface area (Å²) in [5.74, 6) is 1.85. The summed E-state index contributed by atoms with van der Waals surface area (Å²) >= 11 is 6.86. The van der Waals surface area contributed by atoms with Crippen molar-refractivity contribution in [2.24, 2.45) is 0 Å². The lowest BCUT2D eigenvalue weighted by atomic mass is 10.1. The van der Waals surface area contributed by atoms with Crippen molar-refractivity contribution in [2.45, 2.75) is 0 Å². The van der Waals surface area contributed by atoms with Gasteiger partial charge in [0.15, 0.2) is 17.5 Å². The molecule has 0 unspecified atom stereocenters.